The van der Waals surface area contributed by atoms with Crippen LogP contribution in [0.5, 0.6) is 0 Å². The molecule has 1 fully saturated rings. The van der Waals surface area contributed by atoms with Crippen LogP contribution in [0.15, 0.2) is 0 Å². The van der Waals surface area contributed by atoms with Crippen LogP contribution in [0.25, 0.3) is 0 Å². The van der Waals surface area contributed by atoms with Gasteiger partial charge in [-0.25, -0.2) is 0 Å². The predicted octanol–water partition coefficient (Wildman–Crippen LogP) is 0.844. The van der Waals surface area contributed by atoms with Crippen LogP contribution in [-0.4, -0.2) is 59.9 Å². The van der Waals surface area contributed by atoms with Crippen LogP contribution in [0.3, 0.4) is 0 Å². The van der Waals surface area contributed by atoms with Gasteiger partial charge in [-0.05, 0) is 26.8 Å². The molecule has 1 aliphatic heterocycles. The van der Waals surface area contributed by atoms with E-state index in [4.69, 9.17) is 0 Å². The number of likely N-dealkylation sites (N-methyl/N-ethyl adjacent to an activating group) is 1. The van der Waals surface area contributed by atoms with Gasteiger partial charge in [-0.1, -0.05) is 13.8 Å². The van der Waals surface area contributed by atoms with Gasteiger partial charge in [-0.3, -0.25) is 9.59 Å². The zero-order valence-corrected chi connectivity index (χ0v) is 12.8. The van der Waals surface area contributed by atoms with Gasteiger partial charge in [0.2, 0.25) is 11.8 Å². The molecule has 2 amide bonds. The van der Waals surface area contributed by atoms with Crippen molar-refractivity contribution in [3.63, 3.8) is 0 Å². The van der Waals surface area contributed by atoms with Gasteiger partial charge in [0, 0.05) is 32.6 Å². The maximum absolute atomic E-state index is 12.2. The van der Waals surface area contributed by atoms with Gasteiger partial charge in [0.15, 0.2) is 0 Å². The number of nitrogens with one attached hydrogen (secondary N) is 1. The van der Waals surface area contributed by atoms with Crippen LogP contribution in [0, 0.1) is 0 Å². The predicted molar refractivity (Wildman–Crippen MR) is 75.8 cm³/mol. The topological polar surface area (TPSA) is 52.7 Å². The van der Waals surface area contributed by atoms with Crippen molar-refractivity contribution in [3.8, 4) is 0 Å². The lowest BCUT2D eigenvalue weighted by molar-refractivity contribution is -0.157. The molecule has 110 valence electrons. The van der Waals surface area contributed by atoms with Gasteiger partial charge in [-0.15, -0.1) is 0 Å². The molecular weight excluding hydrogens is 242 g/mol. The van der Waals surface area contributed by atoms with Gasteiger partial charge in [0.25, 0.3) is 0 Å². The molecule has 0 saturated carbocycles. The monoisotopic (exact) mass is 269 g/mol. The summed E-state index contributed by atoms with van der Waals surface area (Å²) >= 11 is 0. The van der Waals surface area contributed by atoms with E-state index in [1.807, 2.05) is 13.8 Å². The Bertz CT molecular complexity index is 340. The lowest BCUT2D eigenvalue weighted by atomic mass is 9.97. The lowest BCUT2D eigenvalue weighted by Crippen LogP contribution is -2.63. The van der Waals surface area contributed by atoms with E-state index in [2.05, 4.69) is 19.2 Å². The van der Waals surface area contributed by atoms with Gasteiger partial charge in [0.05, 0.1) is 0 Å². The van der Waals surface area contributed by atoms with Crippen molar-refractivity contribution in [2.24, 2.45) is 0 Å². The zero-order chi connectivity index (χ0) is 14.6. The van der Waals surface area contributed by atoms with Crippen LogP contribution < -0.4 is 5.32 Å². The van der Waals surface area contributed by atoms with E-state index in [9.17, 15) is 9.59 Å². The first-order valence-electron chi connectivity index (χ1n) is 7.06. The molecule has 0 aromatic heterocycles. The van der Waals surface area contributed by atoms with Crippen molar-refractivity contribution in [2.75, 3.05) is 26.7 Å². The van der Waals surface area contributed by atoms with E-state index < -0.39 is 5.54 Å². The van der Waals surface area contributed by atoms with E-state index >= 15 is 0 Å². The minimum absolute atomic E-state index is 0.0207. The van der Waals surface area contributed by atoms with Crippen LogP contribution in [0.4, 0.5) is 0 Å². The highest BCUT2D eigenvalue weighted by atomic mass is 16.2. The second kappa shape index (κ2) is 6.37. The Hall–Kier alpha value is -1.10. The molecule has 0 aliphatic carbocycles. The Kier molecular flexibility index (Phi) is 5.35. The molecule has 5 nitrogen and oxygen atoms in total. The van der Waals surface area contributed by atoms with E-state index in [0.717, 1.165) is 13.0 Å². The summed E-state index contributed by atoms with van der Waals surface area (Å²) in [6.45, 7) is 9.92. The highest BCUT2D eigenvalue weighted by molar-refractivity contribution is 5.91. The van der Waals surface area contributed by atoms with Crippen molar-refractivity contribution in [1.29, 1.82) is 0 Å². The Morgan fingerprint density at radius 3 is 2.58 bits per heavy atom. The van der Waals surface area contributed by atoms with Crippen molar-refractivity contribution in [2.45, 2.75) is 52.1 Å². The molecule has 0 spiro atoms. The highest BCUT2D eigenvalue weighted by Crippen LogP contribution is 2.22. The number of carbonyl (C=O) groups excluding carboxylic acids is 2. The highest BCUT2D eigenvalue weighted by Gasteiger charge is 2.42. The first kappa shape index (κ1) is 16.0. The summed E-state index contributed by atoms with van der Waals surface area (Å²) in [5.74, 6) is 0.101. The van der Waals surface area contributed by atoms with Crippen LogP contribution in [0.2, 0.25) is 0 Å². The van der Waals surface area contributed by atoms with Crippen LogP contribution >= 0.6 is 0 Å². The molecule has 1 saturated heterocycles. The molecule has 0 atom stereocenters. The minimum Gasteiger partial charge on any atom is -0.342 e. The third-order valence-corrected chi connectivity index (χ3v) is 3.62. The van der Waals surface area contributed by atoms with E-state index in [1.54, 1.807) is 16.8 Å². The van der Waals surface area contributed by atoms with Crippen molar-refractivity contribution in [3.05, 3.63) is 0 Å². The minimum atomic E-state index is -0.713. The summed E-state index contributed by atoms with van der Waals surface area (Å²) in [6.07, 6.45) is 1.31. The third kappa shape index (κ3) is 3.93. The average Bonchev–Trinajstić information content (AvgIpc) is 2.31. The molecule has 1 heterocycles. The summed E-state index contributed by atoms with van der Waals surface area (Å²) < 4.78 is 0. The fourth-order valence-corrected chi connectivity index (χ4v) is 2.42. The fraction of sp³-hybridized carbons (Fsp3) is 0.857. The number of hydrogen-bond donors (Lipinski definition) is 1. The smallest absolute Gasteiger partial charge is 0.247 e. The number of carbonyl (C=O) groups is 2. The number of nitrogens with zero attached hydrogens (tertiary/aromatic N) is 2. The van der Waals surface area contributed by atoms with Crippen molar-refractivity contribution < 1.29 is 9.59 Å². The summed E-state index contributed by atoms with van der Waals surface area (Å²) in [4.78, 5) is 27.8. The second-order valence-corrected chi connectivity index (χ2v) is 6.04. The first-order chi connectivity index (χ1) is 8.76. The normalized spacial score (nSPS) is 19.2. The SMILES string of the molecule is CC(C)NCCCC(=O)N1CCN(C)C(=O)C1(C)C. The molecule has 0 bridgehead atoms. The Morgan fingerprint density at radius 2 is 2.00 bits per heavy atom. The molecule has 0 aromatic rings. The van der Waals surface area contributed by atoms with Crippen LogP contribution in [-0.2, 0) is 9.59 Å². The number of piperazine rings is 1. The van der Waals surface area contributed by atoms with Crippen molar-refractivity contribution in [1.82, 2.24) is 15.1 Å². The molecule has 1 aliphatic rings. The van der Waals surface area contributed by atoms with Gasteiger partial charge >= 0.3 is 0 Å². The lowest BCUT2D eigenvalue weighted by Gasteiger charge is -2.44. The second-order valence-electron chi connectivity index (χ2n) is 6.04. The molecule has 5 heteroatoms. The standard InChI is InChI=1S/C14H27N3O2/c1-11(2)15-8-6-7-12(18)17-10-9-16(5)13(19)14(17,3)4/h11,15H,6-10H2,1-5H3. The van der Waals surface area contributed by atoms with Crippen molar-refractivity contribution >= 4 is 11.8 Å². The Morgan fingerprint density at radius 1 is 1.37 bits per heavy atom. The summed E-state index contributed by atoms with van der Waals surface area (Å²) in [5.41, 5.74) is -0.713. The van der Waals surface area contributed by atoms with Gasteiger partial charge < -0.3 is 15.1 Å². The quantitative estimate of drug-likeness (QED) is 0.753. The third-order valence-electron chi connectivity index (χ3n) is 3.62. The summed E-state index contributed by atoms with van der Waals surface area (Å²) in [5, 5.41) is 3.29. The Labute approximate surface area is 116 Å². The molecule has 1 N–H and O–H groups in total. The molecular formula is C14H27N3O2. The van der Waals surface area contributed by atoms with E-state index in [1.165, 1.54) is 0 Å². The van der Waals surface area contributed by atoms with Gasteiger partial charge in [0.1, 0.15) is 5.54 Å². The van der Waals surface area contributed by atoms with Crippen LogP contribution in [0.1, 0.15) is 40.5 Å². The average molecular weight is 269 g/mol. The fourth-order valence-electron chi connectivity index (χ4n) is 2.42. The zero-order valence-electron chi connectivity index (χ0n) is 12.8. The summed E-state index contributed by atoms with van der Waals surface area (Å²) in [7, 11) is 1.79. The molecule has 1 rings (SSSR count). The maximum atomic E-state index is 12.2. The largest absolute Gasteiger partial charge is 0.342 e. The molecule has 0 radical (unpaired) electrons. The number of amides is 2. The number of hydrogen-bond acceptors (Lipinski definition) is 3. The molecule has 0 aromatic carbocycles. The van der Waals surface area contributed by atoms with E-state index in [0.29, 0.717) is 25.6 Å². The first-order valence-corrected chi connectivity index (χ1v) is 7.06. The number of rotatable bonds is 5. The van der Waals surface area contributed by atoms with Gasteiger partial charge in [-0.2, -0.15) is 0 Å². The Balaban J connectivity index is 2.50. The molecule has 19 heavy (non-hydrogen) atoms. The summed E-state index contributed by atoms with van der Waals surface area (Å²) in [6, 6.07) is 0.441. The maximum Gasteiger partial charge on any atom is 0.247 e. The molecule has 0 unspecified atom stereocenters. The van der Waals surface area contributed by atoms with E-state index in [-0.39, 0.29) is 11.8 Å².